The maximum atomic E-state index is 13.3. The summed E-state index contributed by atoms with van der Waals surface area (Å²) in [6.07, 6.45) is 1.35. The summed E-state index contributed by atoms with van der Waals surface area (Å²) in [7, 11) is 3.02. The van der Waals surface area contributed by atoms with E-state index in [9.17, 15) is 14.0 Å². The lowest BCUT2D eigenvalue weighted by Crippen LogP contribution is -2.27. The van der Waals surface area contributed by atoms with E-state index in [1.54, 1.807) is 35.7 Å². The van der Waals surface area contributed by atoms with Gasteiger partial charge >= 0.3 is 0 Å². The molecule has 0 bridgehead atoms. The first-order valence-corrected chi connectivity index (χ1v) is 10.1. The lowest BCUT2D eigenvalue weighted by molar-refractivity contribution is -0.116. The van der Waals surface area contributed by atoms with E-state index < -0.39 is 5.91 Å². The van der Waals surface area contributed by atoms with Crippen LogP contribution in [0.3, 0.4) is 0 Å². The second-order valence-corrected chi connectivity index (χ2v) is 7.49. The number of ether oxygens (including phenoxy) is 2. The molecule has 31 heavy (non-hydrogen) atoms. The van der Waals surface area contributed by atoms with Gasteiger partial charge in [0.1, 0.15) is 28.7 Å². The molecule has 0 saturated heterocycles. The highest BCUT2D eigenvalue weighted by Crippen LogP contribution is 2.31. The lowest BCUT2D eigenvalue weighted by Gasteiger charge is -2.12. The predicted molar refractivity (Wildman–Crippen MR) is 117 cm³/mol. The summed E-state index contributed by atoms with van der Waals surface area (Å²) in [6.45, 7) is -0.227. The molecule has 4 rings (SSSR count). The van der Waals surface area contributed by atoms with Crippen LogP contribution in [0.25, 0.3) is 21.3 Å². The summed E-state index contributed by atoms with van der Waals surface area (Å²) < 4.78 is 24.9. The molecule has 0 aliphatic carbocycles. The molecule has 4 aromatic rings. The molecule has 158 valence electrons. The number of thiophene rings is 1. The first-order chi connectivity index (χ1) is 15.0. The molecule has 2 heterocycles. The fraction of sp³-hybridized carbons (Fsp3) is 0.136. The number of nitrogens with one attached hydrogen (secondary N) is 1. The Hall–Kier alpha value is -3.72. The maximum absolute atomic E-state index is 13.3. The summed E-state index contributed by atoms with van der Waals surface area (Å²) in [5.74, 6) is 0.256. The van der Waals surface area contributed by atoms with Gasteiger partial charge in [-0.05, 0) is 29.8 Å². The molecule has 2 aromatic carbocycles. The van der Waals surface area contributed by atoms with E-state index in [0.717, 1.165) is 0 Å². The normalized spacial score (nSPS) is 10.8. The van der Waals surface area contributed by atoms with Gasteiger partial charge in [-0.25, -0.2) is 9.37 Å². The van der Waals surface area contributed by atoms with Crippen LogP contribution >= 0.6 is 11.3 Å². The van der Waals surface area contributed by atoms with Crippen LogP contribution in [0.15, 0.2) is 59.0 Å². The molecular weight excluding hydrogens is 421 g/mol. The number of rotatable bonds is 6. The van der Waals surface area contributed by atoms with Gasteiger partial charge in [0.05, 0.1) is 31.6 Å². The molecule has 0 aliphatic rings. The highest BCUT2D eigenvalue weighted by atomic mass is 32.1. The van der Waals surface area contributed by atoms with Gasteiger partial charge < -0.3 is 14.8 Å². The number of hydrogen-bond donors (Lipinski definition) is 1. The number of benzene rings is 2. The standard InChI is InChI=1S/C22H18FN3O4S/c1-29-15-7-8-17(18(9-15)30-2)25-19(27)10-26-12-24-21-20(22(26)28)16(11-31-21)13-3-5-14(23)6-4-13/h3-9,11-12H,10H2,1-2H3,(H,25,27). The van der Waals surface area contributed by atoms with Crippen molar-refractivity contribution in [1.82, 2.24) is 9.55 Å². The summed E-state index contributed by atoms with van der Waals surface area (Å²) >= 11 is 1.32. The van der Waals surface area contributed by atoms with Crippen LogP contribution in [0.4, 0.5) is 10.1 Å². The molecule has 0 saturated carbocycles. The minimum Gasteiger partial charge on any atom is -0.497 e. The van der Waals surface area contributed by atoms with Crippen LogP contribution in [-0.4, -0.2) is 29.7 Å². The minimum absolute atomic E-state index is 0.227. The van der Waals surface area contributed by atoms with Gasteiger partial charge in [0.2, 0.25) is 5.91 Å². The number of methoxy groups -OCH3 is 2. The Kier molecular flexibility index (Phi) is 5.68. The summed E-state index contributed by atoms with van der Waals surface area (Å²) in [4.78, 5) is 30.5. The van der Waals surface area contributed by atoms with Crippen LogP contribution in [0.5, 0.6) is 11.5 Å². The van der Waals surface area contributed by atoms with Crippen molar-refractivity contribution in [3.63, 3.8) is 0 Å². The first kappa shape index (κ1) is 20.5. The fourth-order valence-corrected chi connectivity index (χ4v) is 4.07. The molecule has 1 N–H and O–H groups in total. The van der Waals surface area contributed by atoms with Gasteiger partial charge in [0.15, 0.2) is 0 Å². The monoisotopic (exact) mass is 439 g/mol. The van der Waals surface area contributed by atoms with Crippen molar-refractivity contribution < 1.29 is 18.7 Å². The van der Waals surface area contributed by atoms with E-state index in [-0.39, 0.29) is 17.9 Å². The van der Waals surface area contributed by atoms with Gasteiger partial charge in [0.25, 0.3) is 5.56 Å². The Balaban J connectivity index is 1.62. The van der Waals surface area contributed by atoms with Crippen LogP contribution in [-0.2, 0) is 11.3 Å². The van der Waals surface area contributed by atoms with Crippen molar-refractivity contribution in [3.05, 3.63) is 70.3 Å². The third-order valence-electron chi connectivity index (χ3n) is 4.71. The summed E-state index contributed by atoms with van der Waals surface area (Å²) in [6, 6.07) is 10.9. The van der Waals surface area contributed by atoms with Gasteiger partial charge in [-0.15, -0.1) is 11.3 Å². The van der Waals surface area contributed by atoms with E-state index in [2.05, 4.69) is 10.3 Å². The quantitative estimate of drug-likeness (QED) is 0.492. The van der Waals surface area contributed by atoms with Crippen LogP contribution in [0.2, 0.25) is 0 Å². The molecular formula is C22H18FN3O4S. The molecule has 0 radical (unpaired) electrons. The molecule has 2 aromatic heterocycles. The highest BCUT2D eigenvalue weighted by Gasteiger charge is 2.16. The van der Waals surface area contributed by atoms with E-state index in [1.165, 1.54) is 48.6 Å². The number of carbonyl (C=O) groups excluding carboxylic acids is 1. The number of aromatic nitrogens is 2. The van der Waals surface area contributed by atoms with Gasteiger partial charge in [-0.3, -0.25) is 14.2 Å². The first-order valence-electron chi connectivity index (χ1n) is 9.24. The van der Waals surface area contributed by atoms with Crippen molar-refractivity contribution in [3.8, 4) is 22.6 Å². The number of fused-ring (bicyclic) bond motifs is 1. The van der Waals surface area contributed by atoms with Crippen molar-refractivity contribution >= 4 is 33.1 Å². The Labute approximate surface area is 180 Å². The molecule has 0 spiro atoms. The van der Waals surface area contributed by atoms with Crippen molar-refractivity contribution in [2.24, 2.45) is 0 Å². The number of halogens is 1. The molecule has 0 fully saturated rings. The molecule has 0 unspecified atom stereocenters. The van der Waals surface area contributed by atoms with Crippen LogP contribution in [0, 0.1) is 5.82 Å². The Morgan fingerprint density at radius 2 is 1.94 bits per heavy atom. The second-order valence-electron chi connectivity index (χ2n) is 6.63. The molecule has 9 heteroatoms. The van der Waals surface area contributed by atoms with Gasteiger partial charge in [0, 0.05) is 17.0 Å². The van der Waals surface area contributed by atoms with E-state index in [4.69, 9.17) is 9.47 Å². The minimum atomic E-state index is -0.412. The van der Waals surface area contributed by atoms with E-state index in [0.29, 0.717) is 38.5 Å². The van der Waals surface area contributed by atoms with Gasteiger partial charge in [-0.1, -0.05) is 12.1 Å². The van der Waals surface area contributed by atoms with Gasteiger partial charge in [-0.2, -0.15) is 0 Å². The third-order valence-corrected chi connectivity index (χ3v) is 5.60. The SMILES string of the molecule is COc1ccc(NC(=O)Cn2cnc3scc(-c4ccc(F)cc4)c3c2=O)c(OC)c1. The number of hydrogen-bond acceptors (Lipinski definition) is 6. The van der Waals surface area contributed by atoms with Crippen molar-refractivity contribution in [2.45, 2.75) is 6.54 Å². The predicted octanol–water partition coefficient (Wildman–Crippen LogP) is 3.92. The number of nitrogens with zero attached hydrogens (tertiary/aromatic N) is 2. The Morgan fingerprint density at radius 1 is 1.16 bits per heavy atom. The number of carbonyl (C=O) groups is 1. The fourth-order valence-electron chi connectivity index (χ4n) is 3.17. The number of anilines is 1. The van der Waals surface area contributed by atoms with Crippen LogP contribution < -0.4 is 20.3 Å². The average Bonchev–Trinajstić information content (AvgIpc) is 3.21. The lowest BCUT2D eigenvalue weighted by atomic mass is 10.1. The zero-order valence-corrected chi connectivity index (χ0v) is 17.5. The summed E-state index contributed by atoms with van der Waals surface area (Å²) in [5.41, 5.74) is 1.47. The second kappa shape index (κ2) is 8.57. The zero-order valence-electron chi connectivity index (χ0n) is 16.7. The topological polar surface area (TPSA) is 82.5 Å². The maximum Gasteiger partial charge on any atom is 0.263 e. The van der Waals surface area contributed by atoms with Crippen molar-refractivity contribution in [1.29, 1.82) is 0 Å². The summed E-state index contributed by atoms with van der Waals surface area (Å²) in [5, 5.41) is 4.94. The highest BCUT2D eigenvalue weighted by molar-refractivity contribution is 7.17. The van der Waals surface area contributed by atoms with E-state index in [1.807, 2.05) is 0 Å². The molecule has 7 nitrogen and oxygen atoms in total. The van der Waals surface area contributed by atoms with Crippen molar-refractivity contribution in [2.75, 3.05) is 19.5 Å². The third kappa shape index (κ3) is 4.13. The average molecular weight is 439 g/mol. The smallest absolute Gasteiger partial charge is 0.263 e. The molecule has 1 amide bonds. The molecule has 0 atom stereocenters. The van der Waals surface area contributed by atoms with Crippen LogP contribution in [0.1, 0.15) is 0 Å². The zero-order chi connectivity index (χ0) is 22.0. The Morgan fingerprint density at radius 3 is 2.65 bits per heavy atom. The number of amides is 1. The largest absolute Gasteiger partial charge is 0.497 e. The molecule has 0 aliphatic heterocycles. The Bertz CT molecular complexity index is 1310. The van der Waals surface area contributed by atoms with E-state index >= 15 is 0 Å².